The van der Waals surface area contributed by atoms with Gasteiger partial charge in [0.1, 0.15) is 0 Å². The molecule has 0 spiro atoms. The van der Waals surface area contributed by atoms with Crippen molar-refractivity contribution >= 4 is 28.7 Å². The molecule has 12 heavy (non-hydrogen) atoms. The lowest BCUT2D eigenvalue weighted by molar-refractivity contribution is 1.23. The van der Waals surface area contributed by atoms with Crippen LogP contribution in [0.5, 0.6) is 0 Å². The van der Waals surface area contributed by atoms with Gasteiger partial charge in [-0.05, 0) is 17.5 Å². The van der Waals surface area contributed by atoms with Crippen molar-refractivity contribution in [1.82, 2.24) is 0 Å². The maximum absolute atomic E-state index is 2.38. The highest BCUT2D eigenvalue weighted by Crippen LogP contribution is 2.09. The van der Waals surface area contributed by atoms with Crippen LogP contribution in [0.4, 0.5) is 0 Å². The first-order valence-corrected chi connectivity index (χ1v) is 5.71. The van der Waals surface area contributed by atoms with Crippen molar-refractivity contribution in [3.63, 3.8) is 0 Å². The quantitative estimate of drug-likeness (QED) is 0.575. The first-order chi connectivity index (χ1) is 5.86. The molecular formula is C11H13I. The van der Waals surface area contributed by atoms with Gasteiger partial charge >= 0.3 is 0 Å². The molecule has 0 saturated heterocycles. The largest absolute Gasteiger partial charge is 0.0842 e. The minimum atomic E-state index is 1.09. The summed E-state index contributed by atoms with van der Waals surface area (Å²) in [6, 6.07) is 8.70. The SMILES string of the molecule is CCC=Cc1ccc(CI)cc1. The van der Waals surface area contributed by atoms with Crippen molar-refractivity contribution in [3.05, 3.63) is 41.5 Å². The second kappa shape index (κ2) is 5.36. The molecule has 0 heterocycles. The third-order valence-corrected chi connectivity index (χ3v) is 2.56. The van der Waals surface area contributed by atoms with Gasteiger partial charge in [0.2, 0.25) is 0 Å². The van der Waals surface area contributed by atoms with Crippen LogP contribution >= 0.6 is 22.6 Å². The van der Waals surface area contributed by atoms with Gasteiger partial charge in [0.25, 0.3) is 0 Å². The summed E-state index contributed by atoms with van der Waals surface area (Å²) in [6.07, 6.45) is 5.45. The van der Waals surface area contributed by atoms with Crippen LogP contribution in [-0.4, -0.2) is 0 Å². The summed E-state index contributed by atoms with van der Waals surface area (Å²) < 4.78 is 1.09. The number of hydrogen-bond donors (Lipinski definition) is 0. The summed E-state index contributed by atoms with van der Waals surface area (Å²) in [6.45, 7) is 2.15. The van der Waals surface area contributed by atoms with Crippen LogP contribution in [0.1, 0.15) is 24.5 Å². The molecule has 1 heteroatoms. The van der Waals surface area contributed by atoms with Crippen LogP contribution < -0.4 is 0 Å². The average Bonchev–Trinajstić information content (AvgIpc) is 2.15. The highest BCUT2D eigenvalue weighted by atomic mass is 127. The van der Waals surface area contributed by atoms with E-state index in [0.29, 0.717) is 0 Å². The zero-order chi connectivity index (χ0) is 8.81. The van der Waals surface area contributed by atoms with E-state index >= 15 is 0 Å². The zero-order valence-electron chi connectivity index (χ0n) is 7.26. The molecule has 0 N–H and O–H groups in total. The molecule has 0 bridgehead atoms. The van der Waals surface area contributed by atoms with Crippen molar-refractivity contribution in [2.75, 3.05) is 0 Å². The molecule has 0 aliphatic carbocycles. The van der Waals surface area contributed by atoms with Crippen LogP contribution in [0.15, 0.2) is 30.3 Å². The molecule has 0 unspecified atom stereocenters. The summed E-state index contributed by atoms with van der Waals surface area (Å²) in [5, 5.41) is 0. The Bertz CT molecular complexity index is 246. The summed E-state index contributed by atoms with van der Waals surface area (Å²) in [4.78, 5) is 0. The third-order valence-electron chi connectivity index (χ3n) is 1.68. The molecule has 0 nitrogen and oxygen atoms in total. The molecule has 1 rings (SSSR count). The standard InChI is InChI=1S/C11H13I/c1-2-3-4-10-5-7-11(9-12)8-6-10/h3-8H,2,9H2,1H3. The topological polar surface area (TPSA) is 0 Å². The third kappa shape index (κ3) is 2.97. The number of allylic oxidation sites excluding steroid dienone is 1. The Kier molecular flexibility index (Phi) is 4.36. The average molecular weight is 272 g/mol. The molecule has 0 fully saturated rings. The molecule has 0 radical (unpaired) electrons. The van der Waals surface area contributed by atoms with E-state index < -0.39 is 0 Å². The molecule has 0 saturated carbocycles. The molecule has 0 aliphatic rings. The number of hydrogen-bond acceptors (Lipinski definition) is 0. The van der Waals surface area contributed by atoms with Crippen molar-refractivity contribution < 1.29 is 0 Å². The number of alkyl halides is 1. The Balaban J connectivity index is 2.71. The first-order valence-electron chi connectivity index (χ1n) is 4.18. The van der Waals surface area contributed by atoms with Gasteiger partial charge in [0, 0.05) is 4.43 Å². The Morgan fingerprint density at radius 1 is 1.25 bits per heavy atom. The van der Waals surface area contributed by atoms with Gasteiger partial charge in [-0.3, -0.25) is 0 Å². The van der Waals surface area contributed by atoms with E-state index in [4.69, 9.17) is 0 Å². The lowest BCUT2D eigenvalue weighted by Gasteiger charge is -1.95. The Hall–Kier alpha value is -0.310. The van der Waals surface area contributed by atoms with Gasteiger partial charge in [-0.1, -0.05) is 65.9 Å². The summed E-state index contributed by atoms with van der Waals surface area (Å²) >= 11 is 2.38. The van der Waals surface area contributed by atoms with Crippen LogP contribution in [0.2, 0.25) is 0 Å². The number of halogens is 1. The van der Waals surface area contributed by atoms with Crippen LogP contribution in [0, 0.1) is 0 Å². The molecule has 64 valence electrons. The highest BCUT2D eigenvalue weighted by molar-refractivity contribution is 14.1. The van der Waals surface area contributed by atoms with Crippen LogP contribution in [0.25, 0.3) is 6.08 Å². The fourth-order valence-corrected chi connectivity index (χ4v) is 1.48. The van der Waals surface area contributed by atoms with Crippen molar-refractivity contribution in [2.24, 2.45) is 0 Å². The van der Waals surface area contributed by atoms with Crippen molar-refractivity contribution in [2.45, 2.75) is 17.8 Å². The molecule has 0 aromatic heterocycles. The molecule has 1 aromatic carbocycles. The van der Waals surface area contributed by atoms with Crippen LogP contribution in [0.3, 0.4) is 0 Å². The summed E-state index contributed by atoms with van der Waals surface area (Å²) in [5.74, 6) is 0. The van der Waals surface area contributed by atoms with Gasteiger partial charge in [-0.2, -0.15) is 0 Å². The van der Waals surface area contributed by atoms with Gasteiger partial charge in [-0.15, -0.1) is 0 Å². The molecule has 0 aliphatic heterocycles. The van der Waals surface area contributed by atoms with E-state index in [1.54, 1.807) is 0 Å². The summed E-state index contributed by atoms with van der Waals surface area (Å²) in [7, 11) is 0. The van der Waals surface area contributed by atoms with E-state index in [9.17, 15) is 0 Å². The predicted molar refractivity (Wildman–Crippen MR) is 63.5 cm³/mol. The van der Waals surface area contributed by atoms with E-state index in [-0.39, 0.29) is 0 Å². The molecule has 1 aromatic rings. The van der Waals surface area contributed by atoms with Gasteiger partial charge < -0.3 is 0 Å². The zero-order valence-corrected chi connectivity index (χ0v) is 9.41. The minimum Gasteiger partial charge on any atom is -0.0842 e. The van der Waals surface area contributed by atoms with E-state index in [1.165, 1.54) is 11.1 Å². The summed E-state index contributed by atoms with van der Waals surface area (Å²) in [5.41, 5.74) is 2.69. The molecule has 0 atom stereocenters. The van der Waals surface area contributed by atoms with Gasteiger partial charge in [-0.25, -0.2) is 0 Å². The molecule has 0 amide bonds. The normalized spacial score (nSPS) is 10.8. The van der Waals surface area contributed by atoms with Gasteiger partial charge in [0.15, 0.2) is 0 Å². The second-order valence-electron chi connectivity index (χ2n) is 2.69. The highest BCUT2D eigenvalue weighted by Gasteiger charge is 1.88. The number of benzene rings is 1. The smallest absolute Gasteiger partial charge is 0.0247 e. The fraction of sp³-hybridized carbons (Fsp3) is 0.273. The van der Waals surface area contributed by atoms with Gasteiger partial charge in [0.05, 0.1) is 0 Å². The lowest BCUT2D eigenvalue weighted by Crippen LogP contribution is -1.76. The van der Waals surface area contributed by atoms with E-state index in [0.717, 1.165) is 10.8 Å². The number of rotatable bonds is 3. The Labute approximate surface area is 87.8 Å². The predicted octanol–water partition coefficient (Wildman–Crippen LogP) is 4.04. The fourth-order valence-electron chi connectivity index (χ4n) is 0.972. The maximum atomic E-state index is 2.38. The van der Waals surface area contributed by atoms with Crippen LogP contribution in [-0.2, 0) is 4.43 Å². The van der Waals surface area contributed by atoms with E-state index in [1.807, 2.05) is 0 Å². The minimum absolute atomic E-state index is 1.09. The first kappa shape index (κ1) is 9.78. The van der Waals surface area contributed by atoms with Crippen molar-refractivity contribution in [1.29, 1.82) is 0 Å². The lowest BCUT2D eigenvalue weighted by atomic mass is 10.1. The monoisotopic (exact) mass is 272 g/mol. The van der Waals surface area contributed by atoms with Crippen molar-refractivity contribution in [3.8, 4) is 0 Å². The Morgan fingerprint density at radius 2 is 1.92 bits per heavy atom. The Morgan fingerprint density at radius 3 is 2.42 bits per heavy atom. The molecular weight excluding hydrogens is 259 g/mol. The van der Waals surface area contributed by atoms with E-state index in [2.05, 4.69) is 65.9 Å². The maximum Gasteiger partial charge on any atom is 0.0247 e. The second-order valence-corrected chi connectivity index (χ2v) is 3.45.